The first kappa shape index (κ1) is 26.6. The van der Waals surface area contributed by atoms with Crippen LogP contribution in [-0.4, -0.2) is 55.7 Å². The average molecular weight is 540 g/mol. The number of esters is 1. The van der Waals surface area contributed by atoms with Crippen LogP contribution in [-0.2, 0) is 18.6 Å². The number of nitrogens with one attached hydrogen (secondary N) is 1. The summed E-state index contributed by atoms with van der Waals surface area (Å²) in [6, 6.07) is 7.47. The number of aromatic nitrogens is 3. The third kappa shape index (κ3) is 6.86. The predicted octanol–water partition coefficient (Wildman–Crippen LogP) is 2.25. The number of thioether (sulfide) groups is 1. The zero-order valence-electron chi connectivity index (χ0n) is 19.8. The van der Waals surface area contributed by atoms with Gasteiger partial charge in [0, 0.05) is 6.42 Å². The fourth-order valence-electron chi connectivity index (χ4n) is 4.03. The maximum absolute atomic E-state index is 13.7. The van der Waals surface area contributed by atoms with Crippen LogP contribution in [0.5, 0.6) is 5.75 Å². The smallest absolute Gasteiger partial charge is 0.459 e. The minimum atomic E-state index is -4.07. The Balaban J connectivity index is 1.42. The monoisotopic (exact) mass is 539 g/mol. The number of nitrogens with two attached hydrogens (primary N) is 1. The van der Waals surface area contributed by atoms with Crippen molar-refractivity contribution >= 4 is 31.4 Å². The molecule has 2 aliphatic rings. The Hall–Kier alpha value is -2.44. The molecule has 1 aromatic carbocycles. The maximum Gasteiger partial charge on any atom is 0.459 e. The lowest BCUT2D eigenvalue weighted by molar-refractivity contribution is -0.150. The quantitative estimate of drug-likeness (QED) is 0.298. The van der Waals surface area contributed by atoms with Crippen molar-refractivity contribution in [3.63, 3.8) is 0 Å². The zero-order valence-corrected chi connectivity index (χ0v) is 21.5. The van der Waals surface area contributed by atoms with E-state index in [2.05, 4.69) is 15.1 Å². The van der Waals surface area contributed by atoms with E-state index in [1.54, 1.807) is 30.3 Å². The van der Waals surface area contributed by atoms with Gasteiger partial charge in [-0.15, -0.1) is 11.8 Å². The van der Waals surface area contributed by atoms with E-state index >= 15 is 0 Å². The van der Waals surface area contributed by atoms with Crippen molar-refractivity contribution in [2.45, 2.75) is 67.9 Å². The first-order valence-electron chi connectivity index (χ1n) is 11.7. The number of aliphatic hydroxyl groups excluding tert-OH is 1. The molecule has 1 saturated carbocycles. The number of rotatable bonds is 10. The summed E-state index contributed by atoms with van der Waals surface area (Å²) < 4.78 is 31.9. The molecule has 2 fully saturated rings. The molecule has 2 aromatic rings. The molecule has 0 amide bonds. The minimum absolute atomic E-state index is 0.134. The molecule has 0 radical (unpaired) electrons. The number of para-hydroxylation sites is 1. The van der Waals surface area contributed by atoms with Crippen molar-refractivity contribution in [3.05, 3.63) is 47.1 Å². The number of carbonyl (C=O) groups is 1. The summed E-state index contributed by atoms with van der Waals surface area (Å²) in [5.74, 6) is -0.390. The van der Waals surface area contributed by atoms with Crippen LogP contribution in [0.2, 0.25) is 0 Å². The van der Waals surface area contributed by atoms with Crippen LogP contribution in [0.4, 0.5) is 5.95 Å². The van der Waals surface area contributed by atoms with Crippen LogP contribution in [0.15, 0.2) is 41.5 Å². The Morgan fingerprint density at radius 1 is 1.33 bits per heavy atom. The largest absolute Gasteiger partial charge is 0.461 e. The van der Waals surface area contributed by atoms with Gasteiger partial charge >= 0.3 is 19.4 Å². The van der Waals surface area contributed by atoms with Gasteiger partial charge in [-0.1, -0.05) is 18.2 Å². The van der Waals surface area contributed by atoms with Crippen molar-refractivity contribution < 1.29 is 28.3 Å². The second-order valence-corrected chi connectivity index (χ2v) is 11.8. The number of ether oxygens (including phenoxy) is 1. The summed E-state index contributed by atoms with van der Waals surface area (Å²) >= 11 is 1.26. The van der Waals surface area contributed by atoms with E-state index in [0.717, 1.165) is 25.7 Å². The molecular weight excluding hydrogens is 509 g/mol. The lowest BCUT2D eigenvalue weighted by atomic mass is 10.2. The van der Waals surface area contributed by atoms with Gasteiger partial charge in [-0.3, -0.25) is 13.9 Å². The van der Waals surface area contributed by atoms with E-state index in [1.807, 2.05) is 0 Å². The van der Waals surface area contributed by atoms with E-state index < -0.39 is 42.2 Å². The van der Waals surface area contributed by atoms with E-state index in [4.69, 9.17) is 19.5 Å². The molecule has 1 aromatic heterocycles. The first-order valence-corrected chi connectivity index (χ1v) is 14.2. The van der Waals surface area contributed by atoms with Crippen LogP contribution in [0.3, 0.4) is 0 Å². The van der Waals surface area contributed by atoms with E-state index in [0.29, 0.717) is 0 Å². The number of nitrogens with zero attached hydrogens (tertiary/aromatic N) is 3. The maximum atomic E-state index is 13.7. The minimum Gasteiger partial charge on any atom is -0.461 e. The number of benzene rings is 1. The lowest BCUT2D eigenvalue weighted by Gasteiger charge is -2.25. The van der Waals surface area contributed by atoms with Gasteiger partial charge in [-0.05, 0) is 44.7 Å². The average Bonchev–Trinajstić information content (AvgIpc) is 3.47. The molecule has 0 spiro atoms. The van der Waals surface area contributed by atoms with Crippen LogP contribution in [0, 0.1) is 0 Å². The summed E-state index contributed by atoms with van der Waals surface area (Å²) in [5, 5.41) is 12.3. The van der Waals surface area contributed by atoms with Crippen LogP contribution in [0.25, 0.3) is 0 Å². The van der Waals surface area contributed by atoms with Gasteiger partial charge in [-0.25, -0.2) is 14.3 Å². The predicted molar refractivity (Wildman–Crippen MR) is 133 cm³/mol. The summed E-state index contributed by atoms with van der Waals surface area (Å²) in [6.07, 6.45) is 4.15. The molecule has 4 rings (SSSR count). The Kier molecular flexibility index (Phi) is 8.68. The number of hydrogen-bond donors (Lipinski definition) is 3. The fraction of sp³-hybridized carbons (Fsp3) is 0.545. The van der Waals surface area contributed by atoms with Crippen molar-refractivity contribution in [1.29, 1.82) is 0 Å². The third-order valence-corrected chi connectivity index (χ3v) is 9.11. The van der Waals surface area contributed by atoms with E-state index in [-0.39, 0.29) is 30.8 Å². The highest BCUT2D eigenvalue weighted by Crippen LogP contribution is 2.48. The molecule has 1 aliphatic carbocycles. The molecule has 1 saturated heterocycles. The first-order chi connectivity index (χ1) is 17.2. The molecule has 196 valence electrons. The molecule has 14 heteroatoms. The standard InChI is InChI=1S/C22H30N5O7PS/c1-14(20(29)33-15-7-5-6-8-15)26-35(31,34-16-9-3-2-4-10-16)32-12-18-17(28)11-19(36-18)27-13-24-21(23)25-22(27)30/h2-4,9-10,13-15,17-19,28H,5-8,11-12H2,1H3,(H,26,31)(H2,23,25,30)/t14-,17-,18+,19+,35?/m0/s1. The molecule has 1 aliphatic heterocycles. The van der Waals surface area contributed by atoms with Gasteiger partial charge in [0.2, 0.25) is 5.95 Å². The third-order valence-electron chi connectivity index (χ3n) is 5.93. The van der Waals surface area contributed by atoms with Gasteiger partial charge in [0.05, 0.1) is 23.3 Å². The van der Waals surface area contributed by atoms with Crippen LogP contribution < -0.4 is 21.0 Å². The van der Waals surface area contributed by atoms with Gasteiger partial charge in [0.1, 0.15) is 24.2 Å². The van der Waals surface area contributed by atoms with Gasteiger partial charge in [0.25, 0.3) is 0 Å². The van der Waals surface area contributed by atoms with E-state index in [9.17, 15) is 19.3 Å². The van der Waals surface area contributed by atoms with Crippen LogP contribution >= 0.6 is 19.5 Å². The second-order valence-electron chi connectivity index (χ2n) is 8.73. The Morgan fingerprint density at radius 3 is 2.75 bits per heavy atom. The van der Waals surface area contributed by atoms with Gasteiger partial charge in [0.15, 0.2) is 0 Å². The Bertz CT molecular complexity index is 1150. The highest BCUT2D eigenvalue weighted by Gasteiger charge is 2.39. The number of aliphatic hydroxyl groups is 1. The molecular formula is C22H30N5O7PS. The van der Waals surface area contributed by atoms with Crippen molar-refractivity contribution in [2.24, 2.45) is 0 Å². The summed E-state index contributed by atoms with van der Waals surface area (Å²) in [6.45, 7) is 1.36. The molecule has 1 unspecified atom stereocenters. The van der Waals surface area contributed by atoms with Gasteiger partial charge in [-0.2, -0.15) is 10.1 Å². The summed E-state index contributed by atoms with van der Waals surface area (Å²) in [7, 11) is -4.07. The highest BCUT2D eigenvalue weighted by atomic mass is 32.2. The van der Waals surface area contributed by atoms with E-state index in [1.165, 1.54) is 29.6 Å². The molecule has 2 heterocycles. The number of hydrogen-bond acceptors (Lipinski definition) is 11. The highest BCUT2D eigenvalue weighted by molar-refractivity contribution is 8.00. The molecule has 5 atom stereocenters. The Morgan fingerprint density at radius 2 is 2.06 bits per heavy atom. The SMILES string of the molecule is C[C@H](NP(=O)(OC[C@H]1S[C@@H](n2cnc(N)nc2=O)C[C@@H]1O)Oc1ccccc1)C(=O)OC1CCCC1. The molecule has 36 heavy (non-hydrogen) atoms. The van der Waals surface area contributed by atoms with Gasteiger partial charge < -0.3 is 20.1 Å². The second kappa shape index (κ2) is 11.7. The summed E-state index contributed by atoms with van der Waals surface area (Å²) in [5.41, 5.74) is 4.87. The molecule has 12 nitrogen and oxygen atoms in total. The van der Waals surface area contributed by atoms with Crippen molar-refractivity contribution in [3.8, 4) is 5.75 Å². The Labute approximate surface area is 212 Å². The molecule has 4 N–H and O–H groups in total. The fourth-order valence-corrected chi connectivity index (χ4v) is 7.08. The topological polar surface area (TPSA) is 168 Å². The van der Waals surface area contributed by atoms with Crippen molar-refractivity contribution in [1.82, 2.24) is 19.6 Å². The number of anilines is 1. The summed E-state index contributed by atoms with van der Waals surface area (Å²) in [4.78, 5) is 32.2. The number of carbonyl (C=O) groups excluding carboxylic acids is 1. The van der Waals surface area contributed by atoms with Crippen molar-refractivity contribution in [2.75, 3.05) is 12.3 Å². The molecule has 0 bridgehead atoms. The number of nitrogen functional groups attached to an aromatic ring is 1. The lowest BCUT2D eigenvalue weighted by Crippen LogP contribution is -2.37. The van der Waals surface area contributed by atoms with Crippen LogP contribution in [0.1, 0.15) is 44.4 Å². The normalized spacial score (nSPS) is 24.8. The zero-order chi connectivity index (χ0) is 25.7.